The number of aromatic hydroxyl groups is 1. The molecule has 0 aromatic heterocycles. The summed E-state index contributed by atoms with van der Waals surface area (Å²) < 4.78 is 21.6. The third-order valence-electron chi connectivity index (χ3n) is 6.81. The van der Waals surface area contributed by atoms with Crippen LogP contribution in [0.3, 0.4) is 0 Å². The van der Waals surface area contributed by atoms with Crippen LogP contribution >= 0.6 is 0 Å². The molecule has 0 amide bonds. The number of carbonyl (C=O) groups is 2. The van der Waals surface area contributed by atoms with Crippen LogP contribution in [0.5, 0.6) is 23.0 Å². The summed E-state index contributed by atoms with van der Waals surface area (Å²) >= 11 is 0. The summed E-state index contributed by atoms with van der Waals surface area (Å²) in [6.07, 6.45) is 0.503. The lowest BCUT2D eigenvalue weighted by Gasteiger charge is -2.37. The van der Waals surface area contributed by atoms with Crippen LogP contribution in [-0.4, -0.2) is 44.3 Å². The zero-order chi connectivity index (χ0) is 26.9. The molecule has 196 valence electrons. The van der Waals surface area contributed by atoms with Gasteiger partial charge in [-0.15, -0.1) is 0 Å². The van der Waals surface area contributed by atoms with Crippen LogP contribution in [0, 0.1) is 0 Å². The highest BCUT2D eigenvalue weighted by Crippen LogP contribution is 2.47. The van der Waals surface area contributed by atoms with Crippen molar-refractivity contribution >= 4 is 11.8 Å². The number of hydrogen-bond donors (Lipinski definition) is 2. The first-order valence-corrected chi connectivity index (χ1v) is 12.2. The summed E-state index contributed by atoms with van der Waals surface area (Å²) in [4.78, 5) is 27.0. The van der Waals surface area contributed by atoms with Gasteiger partial charge in [-0.2, -0.15) is 0 Å². The lowest BCUT2D eigenvalue weighted by molar-refractivity contribution is -0.143. The molecular weight excluding hydrogens is 474 g/mol. The van der Waals surface area contributed by atoms with Gasteiger partial charge >= 0.3 is 5.97 Å². The third-order valence-corrected chi connectivity index (χ3v) is 6.81. The number of phenolic OH excluding ortho intramolecular Hbond substituents is 1. The van der Waals surface area contributed by atoms with Gasteiger partial charge in [0.15, 0.2) is 28.8 Å². The predicted molar refractivity (Wildman–Crippen MR) is 138 cm³/mol. The molecule has 0 spiro atoms. The van der Waals surface area contributed by atoms with Crippen LogP contribution in [0.25, 0.3) is 0 Å². The molecule has 8 nitrogen and oxygen atoms in total. The van der Waals surface area contributed by atoms with E-state index in [-0.39, 0.29) is 30.0 Å². The second-order valence-corrected chi connectivity index (χ2v) is 9.52. The molecule has 1 aliphatic carbocycles. The SMILES string of the molecule is COc1ccc([C@@H]2C(C(=O)OC(C)C)=C(C)NC3=C2C(=O)C[C@H](c2ccc(OC)c(OC)c2)C3)cc1O. The zero-order valence-corrected chi connectivity index (χ0v) is 22.0. The van der Waals surface area contributed by atoms with Crippen LogP contribution in [0.1, 0.15) is 56.6 Å². The van der Waals surface area contributed by atoms with Gasteiger partial charge in [0.2, 0.25) is 0 Å². The van der Waals surface area contributed by atoms with E-state index in [0.29, 0.717) is 46.1 Å². The molecule has 0 bridgehead atoms. The molecule has 8 heteroatoms. The van der Waals surface area contributed by atoms with Crippen LogP contribution in [0.4, 0.5) is 0 Å². The minimum atomic E-state index is -0.682. The van der Waals surface area contributed by atoms with Crippen molar-refractivity contribution in [1.29, 1.82) is 0 Å². The van der Waals surface area contributed by atoms with Crippen LogP contribution in [0.2, 0.25) is 0 Å². The molecule has 0 saturated heterocycles. The number of methoxy groups -OCH3 is 3. The number of hydrogen-bond acceptors (Lipinski definition) is 8. The normalized spacial score (nSPS) is 19.4. The van der Waals surface area contributed by atoms with Gasteiger partial charge in [-0.05, 0) is 68.5 Å². The highest BCUT2D eigenvalue weighted by Gasteiger charge is 2.42. The van der Waals surface area contributed by atoms with E-state index in [9.17, 15) is 14.7 Å². The Morgan fingerprint density at radius 1 is 0.946 bits per heavy atom. The van der Waals surface area contributed by atoms with Gasteiger partial charge in [-0.3, -0.25) is 4.79 Å². The molecule has 37 heavy (non-hydrogen) atoms. The quantitative estimate of drug-likeness (QED) is 0.519. The average Bonchev–Trinajstić information content (AvgIpc) is 2.86. The first-order valence-electron chi connectivity index (χ1n) is 12.2. The van der Waals surface area contributed by atoms with E-state index < -0.39 is 11.9 Å². The van der Waals surface area contributed by atoms with Crippen molar-refractivity contribution in [3.8, 4) is 23.0 Å². The van der Waals surface area contributed by atoms with Gasteiger partial charge in [-0.25, -0.2) is 4.79 Å². The minimum Gasteiger partial charge on any atom is -0.504 e. The molecule has 1 heterocycles. The summed E-state index contributed by atoms with van der Waals surface area (Å²) in [7, 11) is 4.63. The van der Waals surface area contributed by atoms with Crippen LogP contribution in [0.15, 0.2) is 58.9 Å². The van der Waals surface area contributed by atoms with Crippen molar-refractivity contribution in [2.45, 2.75) is 51.6 Å². The molecule has 2 N–H and O–H groups in total. The van der Waals surface area contributed by atoms with E-state index in [2.05, 4.69) is 5.32 Å². The Balaban J connectivity index is 1.79. The first kappa shape index (κ1) is 26.1. The number of ketones is 1. The predicted octanol–water partition coefficient (Wildman–Crippen LogP) is 4.73. The fourth-order valence-corrected chi connectivity index (χ4v) is 5.15. The monoisotopic (exact) mass is 507 g/mol. The molecule has 0 fully saturated rings. The third kappa shape index (κ3) is 5.01. The molecule has 0 saturated carbocycles. The van der Waals surface area contributed by atoms with E-state index in [0.717, 1.165) is 11.3 Å². The topological polar surface area (TPSA) is 103 Å². The Morgan fingerprint density at radius 3 is 2.22 bits per heavy atom. The Hall–Kier alpha value is -3.94. The molecule has 1 aliphatic heterocycles. The minimum absolute atomic E-state index is 0.0682. The number of rotatable bonds is 7. The second-order valence-electron chi connectivity index (χ2n) is 9.52. The lowest BCUT2D eigenvalue weighted by atomic mass is 9.71. The van der Waals surface area contributed by atoms with Gasteiger partial charge in [0.25, 0.3) is 0 Å². The zero-order valence-electron chi connectivity index (χ0n) is 22.0. The molecule has 0 unspecified atom stereocenters. The highest BCUT2D eigenvalue weighted by atomic mass is 16.5. The molecule has 2 aromatic carbocycles. The summed E-state index contributed by atoms with van der Waals surface area (Å²) in [5.74, 6) is 0.126. The summed E-state index contributed by atoms with van der Waals surface area (Å²) in [5.41, 5.74) is 3.82. The molecule has 2 aromatic rings. The fourth-order valence-electron chi connectivity index (χ4n) is 5.15. The van der Waals surface area contributed by atoms with Gasteiger partial charge in [0.05, 0.1) is 33.0 Å². The lowest BCUT2D eigenvalue weighted by Crippen LogP contribution is -2.36. The van der Waals surface area contributed by atoms with Crippen molar-refractivity contribution in [3.63, 3.8) is 0 Å². The smallest absolute Gasteiger partial charge is 0.337 e. The second kappa shape index (κ2) is 10.6. The maximum Gasteiger partial charge on any atom is 0.337 e. The summed E-state index contributed by atoms with van der Waals surface area (Å²) in [6.45, 7) is 5.37. The van der Waals surface area contributed by atoms with Crippen LogP contribution < -0.4 is 19.5 Å². The molecule has 0 radical (unpaired) electrons. The number of phenols is 1. The number of Topliss-reactive ketones (excluding diaryl/α,β-unsaturated/α-hetero) is 1. The summed E-state index contributed by atoms with van der Waals surface area (Å²) in [5, 5.41) is 13.8. The Bertz CT molecular complexity index is 1290. The van der Waals surface area contributed by atoms with E-state index in [4.69, 9.17) is 18.9 Å². The molecule has 2 atom stereocenters. The average molecular weight is 508 g/mol. The standard InChI is InChI=1S/C29H33NO7/c1-15(2)37-29(33)26-16(3)30-20-11-19(17-7-10-24(35-5)25(14-17)36-6)13-22(32)28(20)27(26)18-8-9-23(34-4)21(31)12-18/h7-10,12,14-15,19,27,30-31H,11,13H2,1-6H3/t19-,27-/m1/s1. The van der Waals surface area contributed by atoms with Gasteiger partial charge < -0.3 is 29.4 Å². The summed E-state index contributed by atoms with van der Waals surface area (Å²) in [6, 6.07) is 10.6. The maximum atomic E-state index is 13.8. The van der Waals surface area contributed by atoms with Crippen LogP contribution in [-0.2, 0) is 14.3 Å². The Morgan fingerprint density at radius 2 is 1.59 bits per heavy atom. The molecule has 4 rings (SSSR count). The van der Waals surface area contributed by atoms with Crippen molar-refractivity contribution in [2.24, 2.45) is 0 Å². The van der Waals surface area contributed by atoms with E-state index in [1.54, 1.807) is 46.3 Å². The number of carbonyl (C=O) groups excluding carboxylic acids is 2. The van der Waals surface area contributed by atoms with Crippen molar-refractivity contribution in [3.05, 3.63) is 70.1 Å². The Kier molecular flexibility index (Phi) is 7.47. The largest absolute Gasteiger partial charge is 0.504 e. The number of ether oxygens (including phenoxy) is 4. The van der Waals surface area contributed by atoms with E-state index >= 15 is 0 Å². The van der Waals surface area contributed by atoms with Crippen molar-refractivity contribution < 1.29 is 33.6 Å². The fraction of sp³-hybridized carbons (Fsp3) is 0.379. The Labute approximate surface area is 216 Å². The highest BCUT2D eigenvalue weighted by molar-refractivity contribution is 6.04. The van der Waals surface area contributed by atoms with Crippen molar-refractivity contribution in [2.75, 3.05) is 21.3 Å². The first-order chi connectivity index (χ1) is 17.7. The number of esters is 1. The number of allylic oxidation sites excluding steroid dienone is 3. The number of benzene rings is 2. The van der Waals surface area contributed by atoms with Gasteiger partial charge in [0, 0.05) is 29.3 Å². The van der Waals surface area contributed by atoms with Gasteiger partial charge in [0.1, 0.15) is 0 Å². The van der Waals surface area contributed by atoms with Gasteiger partial charge in [-0.1, -0.05) is 12.1 Å². The molecular formula is C29H33NO7. The number of dihydropyridines is 1. The van der Waals surface area contributed by atoms with E-state index in [1.807, 2.05) is 25.1 Å². The van der Waals surface area contributed by atoms with Crippen molar-refractivity contribution in [1.82, 2.24) is 5.32 Å². The number of nitrogens with one attached hydrogen (secondary N) is 1. The van der Waals surface area contributed by atoms with E-state index in [1.165, 1.54) is 7.11 Å². The maximum absolute atomic E-state index is 13.8. The molecule has 2 aliphatic rings.